The SMILES string of the molecule is COc1cccc(-c2noc(Cn3nnc(-c4ccc(Cl)cc4)n3)n2)c1. The summed E-state index contributed by atoms with van der Waals surface area (Å²) in [6.07, 6.45) is 0. The van der Waals surface area contributed by atoms with Gasteiger partial charge >= 0.3 is 0 Å². The van der Waals surface area contributed by atoms with Crippen molar-refractivity contribution in [3.8, 4) is 28.5 Å². The summed E-state index contributed by atoms with van der Waals surface area (Å²) in [4.78, 5) is 5.76. The molecule has 0 aliphatic rings. The van der Waals surface area contributed by atoms with Gasteiger partial charge in [-0.25, -0.2) is 0 Å². The molecule has 8 nitrogen and oxygen atoms in total. The molecule has 0 N–H and O–H groups in total. The number of tetrazole rings is 1. The van der Waals surface area contributed by atoms with Crippen LogP contribution in [-0.4, -0.2) is 37.5 Å². The number of rotatable bonds is 5. The first-order valence-electron chi connectivity index (χ1n) is 7.72. The number of hydrogen-bond donors (Lipinski definition) is 0. The Labute approximate surface area is 153 Å². The van der Waals surface area contributed by atoms with Gasteiger partial charge in [0.25, 0.3) is 5.89 Å². The molecule has 0 atom stereocenters. The van der Waals surface area contributed by atoms with Gasteiger partial charge in [-0.2, -0.15) is 9.78 Å². The maximum absolute atomic E-state index is 5.89. The minimum Gasteiger partial charge on any atom is -0.497 e. The molecule has 0 unspecified atom stereocenters. The van der Waals surface area contributed by atoms with Crippen LogP contribution < -0.4 is 4.74 Å². The van der Waals surface area contributed by atoms with Crippen LogP contribution in [-0.2, 0) is 6.54 Å². The van der Waals surface area contributed by atoms with E-state index in [9.17, 15) is 0 Å². The molecule has 130 valence electrons. The van der Waals surface area contributed by atoms with E-state index in [1.54, 1.807) is 19.2 Å². The highest BCUT2D eigenvalue weighted by Gasteiger charge is 2.12. The van der Waals surface area contributed by atoms with Crippen molar-refractivity contribution in [2.45, 2.75) is 6.54 Å². The lowest BCUT2D eigenvalue weighted by atomic mass is 10.2. The third-order valence-electron chi connectivity index (χ3n) is 3.63. The molecule has 0 fully saturated rings. The van der Waals surface area contributed by atoms with Gasteiger partial charge in [0.1, 0.15) is 12.3 Å². The Morgan fingerprint density at radius 2 is 1.92 bits per heavy atom. The maximum atomic E-state index is 5.89. The van der Waals surface area contributed by atoms with Crippen molar-refractivity contribution in [1.29, 1.82) is 0 Å². The van der Waals surface area contributed by atoms with Gasteiger partial charge in [0, 0.05) is 16.1 Å². The first-order valence-corrected chi connectivity index (χ1v) is 8.10. The normalized spacial score (nSPS) is 10.8. The molecule has 0 saturated heterocycles. The zero-order chi connectivity index (χ0) is 17.9. The molecule has 0 spiro atoms. The number of nitrogens with zero attached hydrogens (tertiary/aromatic N) is 6. The lowest BCUT2D eigenvalue weighted by Crippen LogP contribution is -2.04. The summed E-state index contributed by atoms with van der Waals surface area (Å²) in [6, 6.07) is 14.6. The van der Waals surface area contributed by atoms with E-state index in [-0.39, 0.29) is 6.54 Å². The average Bonchev–Trinajstić information content (AvgIpc) is 3.33. The van der Waals surface area contributed by atoms with E-state index in [0.717, 1.165) is 16.9 Å². The number of hydrogen-bond acceptors (Lipinski definition) is 7. The summed E-state index contributed by atoms with van der Waals surface area (Å²) < 4.78 is 10.5. The van der Waals surface area contributed by atoms with Gasteiger partial charge in [-0.05, 0) is 41.6 Å². The molecule has 2 aromatic heterocycles. The number of benzene rings is 2. The summed E-state index contributed by atoms with van der Waals surface area (Å²) in [6.45, 7) is 0.220. The predicted molar refractivity (Wildman–Crippen MR) is 93.7 cm³/mol. The lowest BCUT2D eigenvalue weighted by molar-refractivity contribution is 0.356. The second-order valence-corrected chi connectivity index (χ2v) is 5.83. The van der Waals surface area contributed by atoms with Crippen LogP contribution in [0.2, 0.25) is 5.02 Å². The van der Waals surface area contributed by atoms with E-state index in [1.807, 2.05) is 36.4 Å². The molecule has 0 saturated carbocycles. The molecule has 0 radical (unpaired) electrons. The molecule has 0 amide bonds. The van der Waals surface area contributed by atoms with Gasteiger partial charge < -0.3 is 9.26 Å². The van der Waals surface area contributed by atoms with Gasteiger partial charge in [-0.15, -0.1) is 10.2 Å². The fourth-order valence-corrected chi connectivity index (χ4v) is 2.47. The van der Waals surface area contributed by atoms with E-state index in [2.05, 4.69) is 25.6 Å². The van der Waals surface area contributed by atoms with E-state index in [1.165, 1.54) is 4.80 Å². The van der Waals surface area contributed by atoms with Gasteiger partial charge in [-0.1, -0.05) is 28.9 Å². The number of halogens is 1. The Hall–Kier alpha value is -3.26. The minimum atomic E-state index is 0.220. The van der Waals surface area contributed by atoms with Crippen LogP contribution in [0.25, 0.3) is 22.8 Å². The van der Waals surface area contributed by atoms with Crippen LogP contribution >= 0.6 is 11.6 Å². The van der Waals surface area contributed by atoms with Gasteiger partial charge in [0.05, 0.1) is 7.11 Å². The van der Waals surface area contributed by atoms with E-state index < -0.39 is 0 Å². The van der Waals surface area contributed by atoms with Crippen LogP contribution in [0, 0.1) is 0 Å². The van der Waals surface area contributed by atoms with E-state index in [0.29, 0.717) is 22.6 Å². The summed E-state index contributed by atoms with van der Waals surface area (Å²) in [5.41, 5.74) is 1.62. The fourth-order valence-electron chi connectivity index (χ4n) is 2.34. The Balaban J connectivity index is 1.52. The molecule has 9 heteroatoms. The van der Waals surface area contributed by atoms with Crippen molar-refractivity contribution in [3.05, 3.63) is 59.4 Å². The smallest absolute Gasteiger partial charge is 0.250 e. The monoisotopic (exact) mass is 368 g/mol. The summed E-state index contributed by atoms with van der Waals surface area (Å²) in [5.74, 6) is 2.06. The Morgan fingerprint density at radius 1 is 1.08 bits per heavy atom. The molecule has 2 aromatic carbocycles. The maximum Gasteiger partial charge on any atom is 0.250 e. The number of ether oxygens (including phenoxy) is 1. The van der Waals surface area contributed by atoms with Crippen molar-refractivity contribution < 1.29 is 9.26 Å². The topological polar surface area (TPSA) is 91.8 Å². The van der Waals surface area contributed by atoms with E-state index >= 15 is 0 Å². The first kappa shape index (κ1) is 16.2. The van der Waals surface area contributed by atoms with Crippen molar-refractivity contribution >= 4 is 11.6 Å². The second kappa shape index (κ2) is 6.93. The van der Waals surface area contributed by atoms with Crippen LogP contribution in [0.4, 0.5) is 0 Å². The molecule has 4 aromatic rings. The largest absolute Gasteiger partial charge is 0.497 e. The molecule has 4 rings (SSSR count). The zero-order valence-corrected chi connectivity index (χ0v) is 14.5. The number of methoxy groups -OCH3 is 1. The van der Waals surface area contributed by atoms with Gasteiger partial charge in [-0.3, -0.25) is 0 Å². The molecule has 0 bridgehead atoms. The highest BCUT2D eigenvalue weighted by Crippen LogP contribution is 2.21. The first-order chi connectivity index (χ1) is 12.7. The third-order valence-corrected chi connectivity index (χ3v) is 3.88. The van der Waals surface area contributed by atoms with Crippen molar-refractivity contribution in [3.63, 3.8) is 0 Å². The minimum absolute atomic E-state index is 0.220. The highest BCUT2D eigenvalue weighted by molar-refractivity contribution is 6.30. The number of aromatic nitrogens is 6. The molecule has 26 heavy (non-hydrogen) atoms. The Morgan fingerprint density at radius 3 is 2.73 bits per heavy atom. The molecular formula is C17H13ClN6O2. The van der Waals surface area contributed by atoms with E-state index in [4.69, 9.17) is 20.9 Å². The quantitative estimate of drug-likeness (QED) is 0.534. The van der Waals surface area contributed by atoms with Crippen molar-refractivity contribution in [1.82, 2.24) is 30.3 Å². The van der Waals surface area contributed by atoms with Gasteiger partial charge in [0.2, 0.25) is 11.6 Å². The Kier molecular flexibility index (Phi) is 4.32. The third kappa shape index (κ3) is 3.40. The van der Waals surface area contributed by atoms with Crippen molar-refractivity contribution in [2.75, 3.05) is 7.11 Å². The van der Waals surface area contributed by atoms with Gasteiger partial charge in [0.15, 0.2) is 0 Å². The molecule has 2 heterocycles. The standard InChI is InChI=1S/C17H13ClN6O2/c1-25-14-4-2-3-12(9-14)16-19-15(26-22-16)10-24-21-17(20-23-24)11-5-7-13(18)8-6-11/h2-9H,10H2,1H3. The molecule has 0 aliphatic carbocycles. The highest BCUT2D eigenvalue weighted by atomic mass is 35.5. The van der Waals surface area contributed by atoms with Crippen molar-refractivity contribution in [2.24, 2.45) is 0 Å². The zero-order valence-electron chi connectivity index (χ0n) is 13.7. The summed E-state index contributed by atoms with van der Waals surface area (Å²) in [7, 11) is 1.61. The lowest BCUT2D eigenvalue weighted by Gasteiger charge is -1.99. The molecular weight excluding hydrogens is 356 g/mol. The summed E-state index contributed by atoms with van der Waals surface area (Å²) >= 11 is 5.89. The van der Waals surface area contributed by atoms with Crippen LogP contribution in [0.5, 0.6) is 5.75 Å². The average molecular weight is 369 g/mol. The summed E-state index contributed by atoms with van der Waals surface area (Å²) in [5, 5.41) is 17.0. The van der Waals surface area contributed by atoms with Crippen LogP contribution in [0.3, 0.4) is 0 Å². The molecule has 0 aliphatic heterocycles. The van der Waals surface area contributed by atoms with Crippen LogP contribution in [0.15, 0.2) is 53.1 Å². The fraction of sp³-hybridized carbons (Fsp3) is 0.118. The van der Waals surface area contributed by atoms with Crippen LogP contribution in [0.1, 0.15) is 5.89 Å². The predicted octanol–water partition coefficient (Wildman–Crippen LogP) is 3.10. The Bertz CT molecular complexity index is 1030. The second-order valence-electron chi connectivity index (χ2n) is 5.39.